The largest absolute Gasteiger partial charge is 0.453 e. The van der Waals surface area contributed by atoms with E-state index in [0.717, 1.165) is 36.8 Å². The van der Waals surface area contributed by atoms with Crippen LogP contribution in [0.25, 0.3) is 0 Å². The standard InChI is InChI=1S/C42H46N8O6/c1-27(2)35(47-41(53)55-5)39(51)49-23-11-17-33(49)37-43-25-31(45-37)15-9-7-13-29-19-21-30(22-20-29)14-8-10-16-32-26-44-38(46-32)34-18-12-24-50(34)40(52)36(28(3)4)48-42(54)56-6/h19-22,25-28,33-36H,11-12,17-18,23-24H2,1-6H3,(H,43,45)(H,44,46)(H,47,53)(H,48,54)/t33-,34?,35?,36?/m0/s1. The number of nitrogens with one attached hydrogen (secondary N) is 4. The molecule has 290 valence electrons. The smallest absolute Gasteiger partial charge is 0.407 e. The number of H-pyrrole nitrogens is 2. The lowest BCUT2D eigenvalue weighted by atomic mass is 10.0. The SMILES string of the molecule is COC(=O)NC(C(=O)N1CCCC1c1ncc(C#CC#Cc2ccc(C#CC#Cc3cnc([C@@H]4CCCN4C(=O)C(NC(=O)OC)C(C)C)[nH]3)cc2)[nH]1)C(C)C. The first-order valence-corrected chi connectivity index (χ1v) is 18.5. The predicted octanol–water partition coefficient (Wildman–Crippen LogP) is 4.03. The average molecular weight is 759 g/mol. The molecule has 1 aromatic carbocycles. The summed E-state index contributed by atoms with van der Waals surface area (Å²) in [5, 5.41) is 5.31. The number of imidazole rings is 2. The van der Waals surface area contributed by atoms with Crippen LogP contribution < -0.4 is 10.6 Å². The number of benzene rings is 1. The number of nitrogens with zero attached hydrogens (tertiary/aromatic N) is 4. The number of carbonyl (C=O) groups is 4. The first-order valence-electron chi connectivity index (χ1n) is 18.5. The molecule has 14 nitrogen and oxygen atoms in total. The maximum Gasteiger partial charge on any atom is 0.407 e. The van der Waals surface area contributed by atoms with Crippen molar-refractivity contribution in [2.75, 3.05) is 27.3 Å². The molecule has 56 heavy (non-hydrogen) atoms. The lowest BCUT2D eigenvalue weighted by molar-refractivity contribution is -0.136. The molecule has 5 rings (SSSR count). The summed E-state index contributed by atoms with van der Waals surface area (Å²) in [5.74, 6) is 24.1. The molecular formula is C42H46N8O6. The van der Waals surface area contributed by atoms with Crippen LogP contribution in [0.4, 0.5) is 9.59 Å². The van der Waals surface area contributed by atoms with Crippen molar-refractivity contribution in [1.29, 1.82) is 0 Å². The molecule has 4 N–H and O–H groups in total. The molecular weight excluding hydrogens is 713 g/mol. The van der Waals surface area contributed by atoms with Crippen LogP contribution in [0.2, 0.25) is 0 Å². The van der Waals surface area contributed by atoms with Gasteiger partial charge in [-0.3, -0.25) is 9.59 Å². The highest BCUT2D eigenvalue weighted by atomic mass is 16.5. The number of aromatic amines is 2. The molecule has 2 saturated heterocycles. The number of aromatic nitrogens is 4. The van der Waals surface area contributed by atoms with Gasteiger partial charge in [0, 0.05) is 24.2 Å². The third-order valence-corrected chi connectivity index (χ3v) is 9.49. The molecule has 0 bridgehead atoms. The van der Waals surface area contributed by atoms with Crippen molar-refractivity contribution in [1.82, 2.24) is 40.4 Å². The summed E-state index contributed by atoms with van der Waals surface area (Å²) < 4.78 is 9.42. The Labute approximate surface area is 327 Å². The van der Waals surface area contributed by atoms with Gasteiger partial charge in [0.15, 0.2) is 0 Å². The number of ether oxygens (including phenoxy) is 2. The van der Waals surface area contributed by atoms with Gasteiger partial charge in [0.25, 0.3) is 0 Å². The molecule has 4 atom stereocenters. The zero-order chi connectivity index (χ0) is 40.2. The molecule has 3 aromatic rings. The second kappa shape index (κ2) is 19.1. The minimum absolute atomic E-state index is 0.119. The molecule has 4 amide bonds. The topological polar surface area (TPSA) is 175 Å². The van der Waals surface area contributed by atoms with Crippen LogP contribution >= 0.6 is 0 Å². The summed E-state index contributed by atoms with van der Waals surface area (Å²) >= 11 is 0. The van der Waals surface area contributed by atoms with E-state index in [4.69, 9.17) is 9.47 Å². The van der Waals surface area contributed by atoms with Gasteiger partial charge in [0.2, 0.25) is 11.8 Å². The van der Waals surface area contributed by atoms with Crippen LogP contribution in [-0.2, 0) is 19.1 Å². The summed E-state index contributed by atoms with van der Waals surface area (Å²) in [6, 6.07) is 5.51. The number of amides is 4. The molecule has 2 fully saturated rings. The van der Waals surface area contributed by atoms with Crippen LogP contribution in [0.1, 0.15) is 99.6 Å². The number of carbonyl (C=O) groups excluding carboxylic acids is 4. The molecule has 14 heteroatoms. The lowest BCUT2D eigenvalue weighted by Gasteiger charge is -2.29. The van der Waals surface area contributed by atoms with Gasteiger partial charge < -0.3 is 39.9 Å². The second-order valence-electron chi connectivity index (χ2n) is 14.0. The Morgan fingerprint density at radius 1 is 0.661 bits per heavy atom. The molecule has 3 unspecified atom stereocenters. The van der Waals surface area contributed by atoms with Crippen LogP contribution in [0.15, 0.2) is 36.7 Å². The highest BCUT2D eigenvalue weighted by Crippen LogP contribution is 2.32. The molecule has 0 saturated carbocycles. The third-order valence-electron chi connectivity index (χ3n) is 9.49. The molecule has 2 aromatic heterocycles. The molecule has 0 spiro atoms. The van der Waals surface area contributed by atoms with Crippen molar-refractivity contribution in [2.24, 2.45) is 11.8 Å². The summed E-state index contributed by atoms with van der Waals surface area (Å²) in [5.41, 5.74) is 2.71. The fourth-order valence-corrected chi connectivity index (χ4v) is 6.57. The number of methoxy groups -OCH3 is 2. The molecule has 0 aliphatic carbocycles. The fourth-order valence-electron chi connectivity index (χ4n) is 6.57. The van der Waals surface area contributed by atoms with Crippen molar-refractivity contribution in [3.63, 3.8) is 0 Å². The first-order chi connectivity index (χ1) is 27.0. The van der Waals surface area contributed by atoms with Crippen LogP contribution in [0, 0.1) is 59.2 Å². The predicted molar refractivity (Wildman–Crippen MR) is 207 cm³/mol. The minimum atomic E-state index is -0.705. The van der Waals surface area contributed by atoms with Gasteiger partial charge in [0.05, 0.1) is 38.7 Å². The Balaban J connectivity index is 1.15. The van der Waals surface area contributed by atoms with Crippen molar-refractivity contribution in [2.45, 2.75) is 77.5 Å². The van der Waals surface area contributed by atoms with Gasteiger partial charge in [-0.05, 0) is 97.3 Å². The number of alkyl carbamates (subject to hydrolysis) is 2. The summed E-state index contributed by atoms with van der Waals surface area (Å²) in [6.07, 6.45) is 5.10. The van der Waals surface area contributed by atoms with Crippen LogP contribution in [0.5, 0.6) is 0 Å². The van der Waals surface area contributed by atoms with Gasteiger partial charge in [-0.15, -0.1) is 0 Å². The number of rotatable bonds is 8. The summed E-state index contributed by atoms with van der Waals surface area (Å²) in [6.45, 7) is 8.64. The highest BCUT2D eigenvalue weighted by Gasteiger charge is 2.38. The Hall–Kier alpha value is -6.64. The van der Waals surface area contributed by atoms with E-state index in [0.29, 0.717) is 36.1 Å². The minimum Gasteiger partial charge on any atom is -0.453 e. The fraction of sp³-hybridized carbons (Fsp3) is 0.429. The summed E-state index contributed by atoms with van der Waals surface area (Å²) in [4.78, 5) is 69.3. The van der Waals surface area contributed by atoms with Crippen molar-refractivity contribution in [3.05, 3.63) is 70.8 Å². The Kier molecular flexibility index (Phi) is 13.8. The van der Waals surface area contributed by atoms with E-state index in [1.54, 1.807) is 22.2 Å². The number of hydrogen-bond donors (Lipinski definition) is 4. The maximum absolute atomic E-state index is 13.4. The van der Waals surface area contributed by atoms with Gasteiger partial charge in [-0.2, -0.15) is 0 Å². The van der Waals surface area contributed by atoms with Crippen molar-refractivity contribution in [3.8, 4) is 47.4 Å². The highest BCUT2D eigenvalue weighted by molar-refractivity contribution is 5.87. The van der Waals surface area contributed by atoms with E-state index in [1.807, 2.05) is 52.0 Å². The number of likely N-dealkylation sites (tertiary alicyclic amines) is 2. The molecule has 0 radical (unpaired) electrons. The maximum atomic E-state index is 13.4. The van der Waals surface area contributed by atoms with E-state index < -0.39 is 24.3 Å². The number of hydrogen-bond acceptors (Lipinski definition) is 8. The summed E-state index contributed by atoms with van der Waals surface area (Å²) in [7, 11) is 2.54. The Morgan fingerprint density at radius 3 is 1.39 bits per heavy atom. The van der Waals surface area contributed by atoms with E-state index in [9.17, 15) is 19.2 Å². The molecule has 2 aliphatic heterocycles. The lowest BCUT2D eigenvalue weighted by Crippen LogP contribution is -2.51. The van der Waals surface area contributed by atoms with Crippen molar-refractivity contribution < 1.29 is 28.7 Å². The van der Waals surface area contributed by atoms with Crippen LogP contribution in [0.3, 0.4) is 0 Å². The quantitative estimate of drug-likeness (QED) is 0.249. The van der Waals surface area contributed by atoms with E-state index in [-0.39, 0.29) is 35.7 Å². The van der Waals surface area contributed by atoms with Crippen molar-refractivity contribution >= 4 is 24.0 Å². The molecule has 2 aliphatic rings. The van der Waals surface area contributed by atoms with Gasteiger partial charge in [-0.25, -0.2) is 19.6 Å². The van der Waals surface area contributed by atoms with E-state index in [2.05, 4.69) is 77.9 Å². The van der Waals surface area contributed by atoms with Gasteiger partial charge in [0.1, 0.15) is 35.1 Å². The normalized spacial score (nSPS) is 16.9. The zero-order valence-corrected chi connectivity index (χ0v) is 32.4. The van der Waals surface area contributed by atoms with Gasteiger partial charge >= 0.3 is 12.2 Å². The Bertz CT molecular complexity index is 2010. The monoisotopic (exact) mass is 758 g/mol. The molecule has 4 heterocycles. The van der Waals surface area contributed by atoms with Crippen LogP contribution in [-0.4, -0.2) is 93.1 Å². The third kappa shape index (κ3) is 10.3. The first kappa shape index (κ1) is 40.5. The van der Waals surface area contributed by atoms with E-state index in [1.165, 1.54) is 14.2 Å². The average Bonchev–Trinajstić information content (AvgIpc) is 4.03. The second-order valence-corrected chi connectivity index (χ2v) is 14.0. The van der Waals surface area contributed by atoms with Gasteiger partial charge in [-0.1, -0.05) is 39.5 Å². The zero-order valence-electron chi connectivity index (χ0n) is 32.4. The Morgan fingerprint density at radius 2 is 1.04 bits per heavy atom. The van der Waals surface area contributed by atoms with E-state index >= 15 is 0 Å².